The number of hydrogen-bond acceptors (Lipinski definition) is 6. The summed E-state index contributed by atoms with van der Waals surface area (Å²) < 4.78 is 10.9. The average Bonchev–Trinajstić information content (AvgIpc) is 3.56. The molecule has 0 unspecified atom stereocenters. The SMILES string of the molecule is O=C(c1ccsc1)N1C[C@]2(CCN(Cc3ccc4c(c3)OCO4)C2)c2ncccc21. The van der Waals surface area contributed by atoms with E-state index >= 15 is 0 Å². The standard InChI is InChI=1S/C23H21N3O3S/c27-22(17-5-9-30-12-17)26-14-23(21-18(26)2-1-7-24-21)6-8-25(13-23)11-16-3-4-19-20(10-16)29-15-28-19/h1-5,7,9-10,12H,6,8,11,13-15H2/t23-/m1/s1. The Labute approximate surface area is 178 Å². The second-order valence-corrected chi connectivity index (χ2v) is 8.98. The van der Waals surface area contributed by atoms with Crippen LogP contribution in [-0.4, -0.2) is 42.2 Å². The molecule has 1 amide bonds. The maximum absolute atomic E-state index is 13.2. The Kier molecular flexibility index (Phi) is 4.07. The first-order chi connectivity index (χ1) is 14.7. The van der Waals surface area contributed by atoms with Gasteiger partial charge in [-0.1, -0.05) is 6.07 Å². The predicted molar refractivity (Wildman–Crippen MR) is 114 cm³/mol. The van der Waals surface area contributed by atoms with Crippen molar-refractivity contribution in [2.75, 3.05) is 31.3 Å². The molecule has 0 saturated carbocycles. The Morgan fingerprint density at radius 1 is 1.17 bits per heavy atom. The third-order valence-electron chi connectivity index (χ3n) is 6.33. The highest BCUT2D eigenvalue weighted by atomic mass is 32.1. The van der Waals surface area contributed by atoms with Gasteiger partial charge in [-0.25, -0.2) is 0 Å². The summed E-state index contributed by atoms with van der Waals surface area (Å²) in [6.07, 6.45) is 2.84. The molecule has 1 aromatic carbocycles. The quantitative estimate of drug-likeness (QED) is 0.648. The summed E-state index contributed by atoms with van der Waals surface area (Å²) in [4.78, 5) is 22.3. The molecule has 0 bridgehead atoms. The third-order valence-corrected chi connectivity index (χ3v) is 7.01. The molecule has 0 aliphatic carbocycles. The number of ether oxygens (including phenoxy) is 2. The fourth-order valence-electron chi connectivity index (χ4n) is 4.92. The highest BCUT2D eigenvalue weighted by Crippen LogP contribution is 2.46. The van der Waals surface area contributed by atoms with E-state index in [4.69, 9.17) is 14.5 Å². The molecule has 5 heterocycles. The lowest BCUT2D eigenvalue weighted by Crippen LogP contribution is -2.39. The van der Waals surface area contributed by atoms with Crippen LogP contribution in [0.2, 0.25) is 0 Å². The van der Waals surface area contributed by atoms with Crippen LogP contribution in [0.5, 0.6) is 11.5 Å². The smallest absolute Gasteiger partial charge is 0.259 e. The van der Waals surface area contributed by atoms with Crippen LogP contribution >= 0.6 is 11.3 Å². The number of anilines is 1. The number of aromatic nitrogens is 1. The van der Waals surface area contributed by atoms with Crippen LogP contribution in [0.3, 0.4) is 0 Å². The Balaban J connectivity index is 1.26. The summed E-state index contributed by atoms with van der Waals surface area (Å²) in [7, 11) is 0. The molecule has 6 rings (SSSR count). The Bertz CT molecular complexity index is 1120. The summed E-state index contributed by atoms with van der Waals surface area (Å²) in [5.74, 6) is 1.70. The summed E-state index contributed by atoms with van der Waals surface area (Å²) in [5.41, 5.74) is 3.86. The van der Waals surface area contributed by atoms with Gasteiger partial charge in [0, 0.05) is 36.6 Å². The molecule has 3 aliphatic heterocycles. The summed E-state index contributed by atoms with van der Waals surface area (Å²) in [5, 5.41) is 3.87. The average molecular weight is 420 g/mol. The van der Waals surface area contributed by atoms with E-state index in [1.807, 2.05) is 46.1 Å². The first-order valence-electron chi connectivity index (χ1n) is 10.1. The molecule has 0 N–H and O–H groups in total. The van der Waals surface area contributed by atoms with Crippen LogP contribution in [0.25, 0.3) is 0 Å². The number of hydrogen-bond donors (Lipinski definition) is 0. The highest BCUT2D eigenvalue weighted by Gasteiger charge is 2.50. The number of pyridine rings is 1. The molecule has 3 aliphatic rings. The number of benzene rings is 1. The van der Waals surface area contributed by atoms with Crippen LogP contribution in [-0.2, 0) is 12.0 Å². The van der Waals surface area contributed by atoms with Crippen molar-refractivity contribution in [3.63, 3.8) is 0 Å². The first kappa shape index (κ1) is 17.9. The fourth-order valence-corrected chi connectivity index (χ4v) is 5.55. The largest absolute Gasteiger partial charge is 0.454 e. The van der Waals surface area contributed by atoms with Crippen LogP contribution < -0.4 is 14.4 Å². The second-order valence-electron chi connectivity index (χ2n) is 8.20. The minimum atomic E-state index is -0.112. The van der Waals surface area contributed by atoms with E-state index in [-0.39, 0.29) is 11.3 Å². The van der Waals surface area contributed by atoms with Crippen LogP contribution in [0.1, 0.15) is 28.0 Å². The van der Waals surface area contributed by atoms with Crippen LogP contribution in [0.4, 0.5) is 5.69 Å². The monoisotopic (exact) mass is 419 g/mol. The van der Waals surface area contributed by atoms with E-state index in [0.29, 0.717) is 13.3 Å². The molecule has 152 valence electrons. The van der Waals surface area contributed by atoms with Crippen molar-refractivity contribution < 1.29 is 14.3 Å². The molecular formula is C23H21N3O3S. The zero-order chi connectivity index (χ0) is 20.1. The van der Waals surface area contributed by atoms with Gasteiger partial charge in [-0.3, -0.25) is 14.7 Å². The minimum Gasteiger partial charge on any atom is -0.454 e. The Morgan fingerprint density at radius 3 is 3.00 bits per heavy atom. The van der Waals surface area contributed by atoms with E-state index < -0.39 is 0 Å². The number of amides is 1. The number of rotatable bonds is 3. The van der Waals surface area contributed by atoms with Crippen molar-refractivity contribution in [3.8, 4) is 11.5 Å². The van der Waals surface area contributed by atoms with Crippen molar-refractivity contribution in [2.45, 2.75) is 18.4 Å². The number of fused-ring (bicyclic) bond motifs is 3. The summed E-state index contributed by atoms with van der Waals surface area (Å²) in [6, 6.07) is 12.0. The second kappa shape index (κ2) is 6.82. The van der Waals surface area contributed by atoms with Gasteiger partial charge in [-0.15, -0.1) is 0 Å². The van der Waals surface area contributed by atoms with E-state index in [0.717, 1.165) is 54.5 Å². The molecule has 3 aromatic rings. The number of nitrogens with zero attached hydrogens (tertiary/aromatic N) is 3. The Hall–Kier alpha value is -2.90. The lowest BCUT2D eigenvalue weighted by molar-refractivity contribution is 0.0985. The zero-order valence-corrected chi connectivity index (χ0v) is 17.2. The van der Waals surface area contributed by atoms with E-state index in [2.05, 4.69) is 17.0 Å². The molecular weight excluding hydrogens is 398 g/mol. The molecule has 1 atom stereocenters. The van der Waals surface area contributed by atoms with Gasteiger partial charge in [0.25, 0.3) is 5.91 Å². The van der Waals surface area contributed by atoms with Crippen molar-refractivity contribution in [3.05, 3.63) is 70.2 Å². The van der Waals surface area contributed by atoms with Gasteiger partial charge < -0.3 is 14.4 Å². The summed E-state index contributed by atoms with van der Waals surface area (Å²) >= 11 is 1.55. The number of likely N-dealkylation sites (tertiary alicyclic amines) is 1. The maximum atomic E-state index is 13.2. The number of carbonyl (C=O) groups is 1. The topological polar surface area (TPSA) is 54.9 Å². The Morgan fingerprint density at radius 2 is 2.10 bits per heavy atom. The van der Waals surface area contributed by atoms with Gasteiger partial charge >= 0.3 is 0 Å². The van der Waals surface area contributed by atoms with Crippen molar-refractivity contribution >= 4 is 22.9 Å². The predicted octanol–water partition coefficient (Wildman–Crippen LogP) is 3.68. The maximum Gasteiger partial charge on any atom is 0.259 e. The molecule has 0 radical (unpaired) electrons. The molecule has 6 nitrogen and oxygen atoms in total. The fraction of sp³-hybridized carbons (Fsp3) is 0.304. The van der Waals surface area contributed by atoms with Gasteiger partial charge in [0.2, 0.25) is 6.79 Å². The van der Waals surface area contributed by atoms with Crippen LogP contribution in [0.15, 0.2) is 53.4 Å². The van der Waals surface area contributed by atoms with E-state index in [1.54, 1.807) is 11.3 Å². The van der Waals surface area contributed by atoms with Gasteiger partial charge in [-0.2, -0.15) is 11.3 Å². The van der Waals surface area contributed by atoms with Crippen molar-refractivity contribution in [2.24, 2.45) is 0 Å². The van der Waals surface area contributed by atoms with Gasteiger partial charge in [-0.05, 0) is 54.2 Å². The van der Waals surface area contributed by atoms with Crippen molar-refractivity contribution in [1.29, 1.82) is 0 Å². The van der Waals surface area contributed by atoms with Crippen LogP contribution in [0, 0.1) is 0 Å². The molecule has 7 heteroatoms. The highest BCUT2D eigenvalue weighted by molar-refractivity contribution is 7.08. The third kappa shape index (κ3) is 2.80. The molecule has 30 heavy (non-hydrogen) atoms. The number of carbonyl (C=O) groups excluding carboxylic acids is 1. The molecule has 2 aromatic heterocycles. The molecule has 1 fully saturated rings. The van der Waals surface area contributed by atoms with Crippen molar-refractivity contribution in [1.82, 2.24) is 9.88 Å². The van der Waals surface area contributed by atoms with Gasteiger partial charge in [0.05, 0.1) is 16.9 Å². The normalized spacial score (nSPS) is 22.1. The van der Waals surface area contributed by atoms with Gasteiger partial charge in [0.1, 0.15) is 0 Å². The zero-order valence-electron chi connectivity index (χ0n) is 16.4. The lowest BCUT2D eigenvalue weighted by Gasteiger charge is -2.25. The van der Waals surface area contributed by atoms with E-state index in [1.165, 1.54) is 5.56 Å². The first-order valence-corrected chi connectivity index (χ1v) is 11.1. The van der Waals surface area contributed by atoms with E-state index in [9.17, 15) is 4.79 Å². The molecule has 1 spiro atoms. The molecule has 1 saturated heterocycles. The summed E-state index contributed by atoms with van der Waals surface area (Å²) in [6.45, 7) is 3.69. The number of thiophene rings is 1. The lowest BCUT2D eigenvalue weighted by atomic mass is 9.85. The minimum absolute atomic E-state index is 0.0663. The van der Waals surface area contributed by atoms with Gasteiger partial charge in [0.15, 0.2) is 11.5 Å².